The third kappa shape index (κ3) is 7.31. The number of hydrogen-bond acceptors (Lipinski definition) is 4. The van der Waals surface area contributed by atoms with Gasteiger partial charge in [0.1, 0.15) is 12.6 Å². The Kier molecular flexibility index (Phi) is 9.70. The highest BCUT2D eigenvalue weighted by Crippen LogP contribution is 2.44. The van der Waals surface area contributed by atoms with Gasteiger partial charge in [-0.25, -0.2) is 4.79 Å². The zero-order valence-electron chi connectivity index (χ0n) is 20.6. The first-order chi connectivity index (χ1) is 16.9. The van der Waals surface area contributed by atoms with Crippen LogP contribution in [0.5, 0.6) is 0 Å². The maximum atomic E-state index is 12.7. The van der Waals surface area contributed by atoms with Gasteiger partial charge in [0.05, 0.1) is 0 Å². The predicted molar refractivity (Wildman–Crippen MR) is 135 cm³/mol. The van der Waals surface area contributed by atoms with Gasteiger partial charge >= 0.3 is 12.1 Å². The fourth-order valence-electron chi connectivity index (χ4n) is 4.54. The fraction of sp³-hybridized carbons (Fsp3) is 0.464. The molecule has 35 heavy (non-hydrogen) atoms. The predicted octanol–water partition coefficient (Wildman–Crippen LogP) is 5.09. The number of unbranched alkanes of at least 4 members (excludes halogenated alkanes) is 1. The molecule has 188 valence electrons. The summed E-state index contributed by atoms with van der Waals surface area (Å²) in [5, 5.41) is 14.4. The second kappa shape index (κ2) is 12.9. The molecule has 7 heteroatoms. The van der Waals surface area contributed by atoms with Gasteiger partial charge in [0.25, 0.3) is 0 Å². The molecule has 2 atom stereocenters. The highest BCUT2D eigenvalue weighted by molar-refractivity contribution is 5.85. The van der Waals surface area contributed by atoms with E-state index in [0.29, 0.717) is 25.8 Å². The molecule has 2 amide bonds. The van der Waals surface area contributed by atoms with Crippen LogP contribution in [0.15, 0.2) is 48.5 Å². The lowest BCUT2D eigenvalue weighted by Crippen LogP contribution is -2.47. The standard InChI is InChI=1S/C28H36N2O5/c1-3-4-13-25(27(33)29-17-16-19(2)14-15-26(31)32)30-28(34)35-18-24-22-11-7-5-9-20(22)21-10-6-8-12-23(21)24/h5-12,19,24-25H,3-4,13-18H2,1-2H3,(H,29,33)(H,30,34)(H,31,32)/t19?,25-/m0/s1. The Balaban J connectivity index is 1.53. The Morgan fingerprint density at radius 2 is 1.60 bits per heavy atom. The highest BCUT2D eigenvalue weighted by Gasteiger charge is 2.29. The van der Waals surface area contributed by atoms with Crippen molar-refractivity contribution in [3.63, 3.8) is 0 Å². The van der Waals surface area contributed by atoms with Crippen molar-refractivity contribution < 1.29 is 24.2 Å². The second-order valence-electron chi connectivity index (χ2n) is 9.28. The summed E-state index contributed by atoms with van der Waals surface area (Å²) in [6.45, 7) is 4.64. The lowest BCUT2D eigenvalue weighted by Gasteiger charge is -2.20. The van der Waals surface area contributed by atoms with Crippen molar-refractivity contribution in [2.24, 2.45) is 5.92 Å². The van der Waals surface area contributed by atoms with Gasteiger partial charge in [0.2, 0.25) is 5.91 Å². The fourth-order valence-corrected chi connectivity index (χ4v) is 4.54. The molecule has 0 heterocycles. The van der Waals surface area contributed by atoms with E-state index in [4.69, 9.17) is 9.84 Å². The molecule has 0 bridgehead atoms. The second-order valence-corrected chi connectivity index (χ2v) is 9.28. The molecule has 0 aromatic heterocycles. The Morgan fingerprint density at radius 1 is 0.971 bits per heavy atom. The summed E-state index contributed by atoms with van der Waals surface area (Å²) in [5.41, 5.74) is 4.60. The molecule has 0 aliphatic heterocycles. The molecule has 1 aliphatic rings. The van der Waals surface area contributed by atoms with Crippen LogP contribution in [-0.4, -0.2) is 42.3 Å². The Hall–Kier alpha value is -3.35. The van der Waals surface area contributed by atoms with Crippen LogP contribution in [0.1, 0.15) is 69.4 Å². The summed E-state index contributed by atoms with van der Waals surface area (Å²) < 4.78 is 5.61. The monoisotopic (exact) mass is 480 g/mol. The molecule has 2 aromatic carbocycles. The van der Waals surface area contributed by atoms with Crippen LogP contribution in [0, 0.1) is 5.92 Å². The Morgan fingerprint density at radius 3 is 2.20 bits per heavy atom. The topological polar surface area (TPSA) is 105 Å². The average Bonchev–Trinajstić information content (AvgIpc) is 3.17. The minimum Gasteiger partial charge on any atom is -0.481 e. The number of amides is 2. The number of fused-ring (bicyclic) bond motifs is 3. The van der Waals surface area contributed by atoms with E-state index in [0.717, 1.165) is 35.1 Å². The number of benzene rings is 2. The van der Waals surface area contributed by atoms with Crippen molar-refractivity contribution in [2.75, 3.05) is 13.2 Å². The maximum Gasteiger partial charge on any atom is 0.407 e. The van der Waals surface area contributed by atoms with E-state index < -0.39 is 18.1 Å². The molecule has 1 aliphatic carbocycles. The zero-order chi connectivity index (χ0) is 25.2. The quantitative estimate of drug-likeness (QED) is 0.370. The maximum absolute atomic E-state index is 12.7. The molecule has 0 spiro atoms. The first-order valence-corrected chi connectivity index (χ1v) is 12.5. The van der Waals surface area contributed by atoms with Crippen LogP contribution in [0.3, 0.4) is 0 Å². The third-order valence-corrected chi connectivity index (χ3v) is 6.59. The molecule has 0 saturated carbocycles. The molecule has 0 fully saturated rings. The molecule has 3 N–H and O–H groups in total. The van der Waals surface area contributed by atoms with Crippen LogP contribution in [0.25, 0.3) is 11.1 Å². The van der Waals surface area contributed by atoms with E-state index in [-0.39, 0.29) is 30.8 Å². The Labute approximate surface area is 207 Å². The van der Waals surface area contributed by atoms with Gasteiger partial charge < -0.3 is 20.5 Å². The number of alkyl carbamates (subject to hydrolysis) is 1. The number of aliphatic carboxylic acids is 1. The average molecular weight is 481 g/mol. The first kappa shape index (κ1) is 26.3. The summed E-state index contributed by atoms with van der Waals surface area (Å²) in [6, 6.07) is 15.6. The van der Waals surface area contributed by atoms with Crippen molar-refractivity contribution in [3.05, 3.63) is 59.7 Å². The third-order valence-electron chi connectivity index (χ3n) is 6.59. The van der Waals surface area contributed by atoms with E-state index in [1.54, 1.807) is 0 Å². The first-order valence-electron chi connectivity index (χ1n) is 12.5. The van der Waals surface area contributed by atoms with Gasteiger partial charge in [0.15, 0.2) is 0 Å². The number of rotatable bonds is 13. The number of carbonyl (C=O) groups is 3. The summed E-state index contributed by atoms with van der Waals surface area (Å²) in [4.78, 5) is 36.1. The molecule has 1 unspecified atom stereocenters. The smallest absolute Gasteiger partial charge is 0.407 e. The highest BCUT2D eigenvalue weighted by atomic mass is 16.5. The molecule has 7 nitrogen and oxygen atoms in total. The minimum absolute atomic E-state index is 0.0386. The van der Waals surface area contributed by atoms with Crippen LogP contribution in [-0.2, 0) is 14.3 Å². The van der Waals surface area contributed by atoms with Crippen molar-refractivity contribution in [1.82, 2.24) is 10.6 Å². The number of carbonyl (C=O) groups excluding carboxylic acids is 2. The molecule has 0 saturated heterocycles. The number of hydrogen-bond donors (Lipinski definition) is 3. The molecular weight excluding hydrogens is 444 g/mol. The largest absolute Gasteiger partial charge is 0.481 e. The summed E-state index contributed by atoms with van der Waals surface area (Å²) in [6.07, 6.45) is 3.02. The summed E-state index contributed by atoms with van der Waals surface area (Å²) in [7, 11) is 0. The van der Waals surface area contributed by atoms with Crippen molar-refractivity contribution in [2.45, 2.75) is 64.3 Å². The SMILES string of the molecule is CCCC[C@H](NC(=O)OCC1c2ccccc2-c2ccccc21)C(=O)NCCC(C)CCC(=O)O. The molecule has 0 radical (unpaired) electrons. The lowest BCUT2D eigenvalue weighted by atomic mass is 9.98. The van der Waals surface area contributed by atoms with Gasteiger partial charge in [-0.15, -0.1) is 0 Å². The van der Waals surface area contributed by atoms with Gasteiger partial charge in [0, 0.05) is 18.9 Å². The number of nitrogens with one attached hydrogen (secondary N) is 2. The van der Waals surface area contributed by atoms with E-state index in [1.807, 2.05) is 38.1 Å². The van der Waals surface area contributed by atoms with E-state index in [1.165, 1.54) is 0 Å². The van der Waals surface area contributed by atoms with Crippen LogP contribution < -0.4 is 10.6 Å². The van der Waals surface area contributed by atoms with Crippen LogP contribution >= 0.6 is 0 Å². The summed E-state index contributed by atoms with van der Waals surface area (Å²) >= 11 is 0. The van der Waals surface area contributed by atoms with Crippen LogP contribution in [0.2, 0.25) is 0 Å². The van der Waals surface area contributed by atoms with E-state index in [9.17, 15) is 14.4 Å². The van der Waals surface area contributed by atoms with Gasteiger partial charge in [-0.2, -0.15) is 0 Å². The Bertz CT molecular complexity index is 976. The van der Waals surface area contributed by atoms with Crippen LogP contribution in [0.4, 0.5) is 4.79 Å². The normalized spacial score (nSPS) is 13.9. The summed E-state index contributed by atoms with van der Waals surface area (Å²) in [5.74, 6) is -0.899. The van der Waals surface area contributed by atoms with Crippen molar-refractivity contribution in [1.29, 1.82) is 0 Å². The molecular formula is C28H36N2O5. The number of carboxylic acid groups (broad SMARTS) is 1. The van der Waals surface area contributed by atoms with Gasteiger partial charge in [-0.1, -0.05) is 75.2 Å². The zero-order valence-corrected chi connectivity index (χ0v) is 20.6. The lowest BCUT2D eigenvalue weighted by molar-refractivity contribution is -0.137. The molecule has 3 rings (SSSR count). The van der Waals surface area contributed by atoms with E-state index in [2.05, 4.69) is 34.9 Å². The minimum atomic E-state index is -0.812. The molecule has 2 aromatic rings. The van der Waals surface area contributed by atoms with Gasteiger partial charge in [-0.3, -0.25) is 9.59 Å². The number of ether oxygens (including phenoxy) is 1. The van der Waals surface area contributed by atoms with Crippen molar-refractivity contribution in [3.8, 4) is 11.1 Å². The number of carboxylic acids is 1. The van der Waals surface area contributed by atoms with E-state index >= 15 is 0 Å². The van der Waals surface area contributed by atoms with Gasteiger partial charge in [-0.05, 0) is 47.4 Å². The van der Waals surface area contributed by atoms with Crippen molar-refractivity contribution >= 4 is 18.0 Å².